The number of tetrazole rings is 1. The van der Waals surface area contributed by atoms with Crippen LogP contribution in [-0.4, -0.2) is 40.6 Å². The fraction of sp³-hybridized carbons (Fsp3) is 0.263. The summed E-state index contributed by atoms with van der Waals surface area (Å²) < 4.78 is 30.0. The van der Waals surface area contributed by atoms with Gasteiger partial charge in [-0.25, -0.2) is 13.1 Å². The van der Waals surface area contributed by atoms with Gasteiger partial charge in [-0.1, -0.05) is 18.2 Å². The molecule has 0 atom stereocenters. The minimum atomic E-state index is -3.87. The van der Waals surface area contributed by atoms with Gasteiger partial charge in [0, 0.05) is 24.2 Å². The first kappa shape index (κ1) is 19.1. The molecule has 2 N–H and O–H groups in total. The fourth-order valence-corrected chi connectivity index (χ4v) is 4.02. The first-order valence-electron chi connectivity index (χ1n) is 9.10. The van der Waals surface area contributed by atoms with Gasteiger partial charge in [-0.15, -0.1) is 5.10 Å². The average Bonchev–Trinajstić information content (AvgIpc) is 3.40. The van der Waals surface area contributed by atoms with Gasteiger partial charge in [0.15, 0.2) is 5.82 Å². The van der Waals surface area contributed by atoms with Crippen molar-refractivity contribution in [3.8, 4) is 11.4 Å². The largest absolute Gasteiger partial charge is 0.349 e. The van der Waals surface area contributed by atoms with Crippen molar-refractivity contribution in [2.45, 2.75) is 30.7 Å². The Bertz CT molecular complexity index is 1180. The van der Waals surface area contributed by atoms with Crippen molar-refractivity contribution in [1.82, 2.24) is 25.5 Å². The molecule has 4 rings (SSSR count). The van der Waals surface area contributed by atoms with E-state index in [1.807, 2.05) is 0 Å². The van der Waals surface area contributed by atoms with E-state index in [9.17, 15) is 13.2 Å². The number of aryl methyl sites for hydroxylation is 2. The van der Waals surface area contributed by atoms with Gasteiger partial charge in [-0.2, -0.15) is 0 Å². The molecular formula is C19H20N6O3S. The molecule has 0 unspecified atom stereocenters. The van der Waals surface area contributed by atoms with E-state index in [2.05, 4.69) is 25.6 Å². The lowest BCUT2D eigenvalue weighted by Gasteiger charge is -2.13. The predicted molar refractivity (Wildman–Crippen MR) is 107 cm³/mol. The van der Waals surface area contributed by atoms with E-state index in [-0.39, 0.29) is 16.8 Å². The van der Waals surface area contributed by atoms with E-state index < -0.39 is 10.0 Å². The predicted octanol–water partition coefficient (Wildman–Crippen LogP) is 1.88. The molecule has 1 aliphatic rings. The number of rotatable bonds is 6. The molecule has 0 radical (unpaired) electrons. The van der Waals surface area contributed by atoms with Crippen molar-refractivity contribution in [3.05, 3.63) is 53.6 Å². The Labute approximate surface area is 168 Å². The number of hydrogen-bond donors (Lipinski definition) is 2. The molecule has 1 aliphatic carbocycles. The van der Waals surface area contributed by atoms with Gasteiger partial charge in [0.1, 0.15) is 0 Å². The van der Waals surface area contributed by atoms with E-state index in [1.165, 1.54) is 16.8 Å². The third kappa shape index (κ3) is 4.11. The number of amides is 1. The highest BCUT2D eigenvalue weighted by Gasteiger charge is 2.24. The lowest BCUT2D eigenvalue weighted by Crippen LogP contribution is -2.25. The van der Waals surface area contributed by atoms with Crippen molar-refractivity contribution in [3.63, 3.8) is 0 Å². The molecule has 1 fully saturated rings. The van der Waals surface area contributed by atoms with Crippen LogP contribution in [0.3, 0.4) is 0 Å². The Kier molecular flexibility index (Phi) is 4.79. The van der Waals surface area contributed by atoms with Gasteiger partial charge >= 0.3 is 0 Å². The topological polar surface area (TPSA) is 119 Å². The maximum absolute atomic E-state index is 13.0. The number of anilines is 1. The highest BCUT2D eigenvalue weighted by molar-refractivity contribution is 7.92. The summed E-state index contributed by atoms with van der Waals surface area (Å²) in [5.41, 5.74) is 2.07. The van der Waals surface area contributed by atoms with Crippen LogP contribution >= 0.6 is 0 Å². The number of nitrogens with zero attached hydrogens (tertiary/aromatic N) is 4. The minimum absolute atomic E-state index is 0.0743. The van der Waals surface area contributed by atoms with Gasteiger partial charge in [0.25, 0.3) is 15.9 Å². The highest BCUT2D eigenvalue weighted by atomic mass is 32.2. The van der Waals surface area contributed by atoms with Crippen LogP contribution in [0.1, 0.15) is 28.8 Å². The Balaban J connectivity index is 1.62. The third-order valence-electron chi connectivity index (χ3n) is 4.68. The smallest absolute Gasteiger partial charge is 0.261 e. The molecule has 1 heterocycles. The van der Waals surface area contributed by atoms with E-state index in [1.54, 1.807) is 44.3 Å². The first-order chi connectivity index (χ1) is 13.8. The Hall–Kier alpha value is -3.27. The van der Waals surface area contributed by atoms with Gasteiger partial charge in [0.2, 0.25) is 0 Å². The van der Waals surface area contributed by atoms with Crippen LogP contribution < -0.4 is 10.0 Å². The molecular weight excluding hydrogens is 392 g/mol. The summed E-state index contributed by atoms with van der Waals surface area (Å²) in [4.78, 5) is 12.4. The Morgan fingerprint density at radius 3 is 2.66 bits per heavy atom. The molecule has 0 bridgehead atoms. The maximum Gasteiger partial charge on any atom is 0.261 e. The highest BCUT2D eigenvalue weighted by Crippen LogP contribution is 2.25. The molecule has 10 heteroatoms. The zero-order valence-corrected chi connectivity index (χ0v) is 16.8. The Morgan fingerprint density at radius 2 is 1.97 bits per heavy atom. The van der Waals surface area contributed by atoms with Crippen molar-refractivity contribution < 1.29 is 13.2 Å². The van der Waals surface area contributed by atoms with Crippen LogP contribution in [0.2, 0.25) is 0 Å². The monoisotopic (exact) mass is 412 g/mol. The average molecular weight is 412 g/mol. The summed E-state index contributed by atoms with van der Waals surface area (Å²) in [5, 5.41) is 14.2. The summed E-state index contributed by atoms with van der Waals surface area (Å²) in [6.07, 6.45) is 1.96. The van der Waals surface area contributed by atoms with Crippen LogP contribution in [0.25, 0.3) is 11.4 Å². The SMILES string of the molecule is Cc1ccc(C(=O)NC2CC2)cc1NS(=O)(=O)c1cccc(-c2nnnn2C)c1. The molecule has 29 heavy (non-hydrogen) atoms. The van der Waals surface area contributed by atoms with Crippen molar-refractivity contribution >= 4 is 21.6 Å². The molecule has 9 nitrogen and oxygen atoms in total. The van der Waals surface area contributed by atoms with Crippen LogP contribution in [0.5, 0.6) is 0 Å². The number of benzene rings is 2. The second kappa shape index (κ2) is 7.28. The molecule has 150 valence electrons. The van der Waals surface area contributed by atoms with Crippen molar-refractivity contribution in [2.75, 3.05) is 4.72 Å². The van der Waals surface area contributed by atoms with Gasteiger partial charge < -0.3 is 5.32 Å². The second-order valence-electron chi connectivity index (χ2n) is 7.04. The number of carbonyl (C=O) groups excluding carboxylic acids is 1. The van der Waals surface area contributed by atoms with Gasteiger partial charge in [-0.05, 0) is 60.0 Å². The summed E-state index contributed by atoms with van der Waals surface area (Å²) >= 11 is 0. The number of carbonyl (C=O) groups is 1. The summed E-state index contributed by atoms with van der Waals surface area (Å²) in [6, 6.07) is 11.6. The number of aromatic nitrogens is 4. The summed E-state index contributed by atoms with van der Waals surface area (Å²) in [6.45, 7) is 1.78. The lowest BCUT2D eigenvalue weighted by molar-refractivity contribution is 0.0951. The molecule has 0 saturated heterocycles. The van der Waals surface area contributed by atoms with E-state index in [0.29, 0.717) is 28.2 Å². The molecule has 2 aromatic carbocycles. The fourth-order valence-electron chi connectivity index (χ4n) is 2.85. The molecule has 3 aromatic rings. The van der Waals surface area contributed by atoms with Crippen LogP contribution in [-0.2, 0) is 17.1 Å². The molecule has 1 aromatic heterocycles. The van der Waals surface area contributed by atoms with Crippen molar-refractivity contribution in [2.24, 2.45) is 7.05 Å². The zero-order chi connectivity index (χ0) is 20.6. The number of sulfonamides is 1. The van der Waals surface area contributed by atoms with Crippen molar-refractivity contribution in [1.29, 1.82) is 0 Å². The standard InChI is InChI=1S/C19H20N6O3S/c1-12-6-7-14(19(26)20-15-8-9-15)11-17(12)22-29(27,28)16-5-3-4-13(10-16)18-21-23-24-25(18)2/h3-7,10-11,15,22H,8-9H2,1-2H3,(H,20,26). The zero-order valence-electron chi connectivity index (χ0n) is 16.0. The number of nitrogens with one attached hydrogen (secondary N) is 2. The third-order valence-corrected chi connectivity index (χ3v) is 6.04. The van der Waals surface area contributed by atoms with Crippen LogP contribution in [0.4, 0.5) is 5.69 Å². The quantitative estimate of drug-likeness (QED) is 0.638. The summed E-state index contributed by atoms with van der Waals surface area (Å²) in [7, 11) is -2.20. The molecule has 0 aliphatic heterocycles. The molecule has 0 spiro atoms. The molecule has 1 saturated carbocycles. The molecule has 1 amide bonds. The second-order valence-corrected chi connectivity index (χ2v) is 8.72. The maximum atomic E-state index is 13.0. The lowest BCUT2D eigenvalue weighted by atomic mass is 10.1. The van der Waals surface area contributed by atoms with Gasteiger partial charge in [0.05, 0.1) is 10.6 Å². The first-order valence-corrected chi connectivity index (χ1v) is 10.6. The Morgan fingerprint density at radius 1 is 1.17 bits per heavy atom. The minimum Gasteiger partial charge on any atom is -0.349 e. The van der Waals surface area contributed by atoms with Crippen LogP contribution in [0, 0.1) is 6.92 Å². The number of hydrogen-bond acceptors (Lipinski definition) is 6. The van der Waals surface area contributed by atoms with Gasteiger partial charge in [-0.3, -0.25) is 9.52 Å². The summed E-state index contributed by atoms with van der Waals surface area (Å²) in [5.74, 6) is 0.252. The normalized spacial score (nSPS) is 13.9. The van der Waals surface area contributed by atoms with E-state index >= 15 is 0 Å². The van der Waals surface area contributed by atoms with Crippen LogP contribution in [0.15, 0.2) is 47.4 Å². The van der Waals surface area contributed by atoms with E-state index in [0.717, 1.165) is 12.8 Å². The van der Waals surface area contributed by atoms with E-state index in [4.69, 9.17) is 0 Å².